The molecular formula is C9H4N4O2. The minimum atomic E-state index is -0.601. The Bertz CT molecular complexity index is 536. The third kappa shape index (κ3) is 1.04. The van der Waals surface area contributed by atoms with Crippen LogP contribution in [0, 0.1) is 5.92 Å². The van der Waals surface area contributed by atoms with Crippen molar-refractivity contribution >= 4 is 23.5 Å². The standard InChI is InChI=1S/C9H4N4O2/c14-8-4-2-1-3-5-6(4)7(12-13-8)11-9(15)10-5/h1-3,6H. The van der Waals surface area contributed by atoms with Crippen molar-refractivity contribution in [1.29, 1.82) is 0 Å². The second kappa shape index (κ2) is 2.63. The monoisotopic (exact) mass is 200 g/mol. The van der Waals surface area contributed by atoms with Gasteiger partial charge < -0.3 is 0 Å². The van der Waals surface area contributed by atoms with Crippen LogP contribution in [0.4, 0.5) is 4.79 Å². The number of carbonyl (C=O) groups is 2. The molecule has 0 saturated carbocycles. The lowest BCUT2D eigenvalue weighted by Crippen LogP contribution is -2.34. The first-order valence-electron chi connectivity index (χ1n) is 4.31. The topological polar surface area (TPSA) is 83.6 Å². The van der Waals surface area contributed by atoms with E-state index in [-0.39, 0.29) is 5.84 Å². The number of urea groups is 1. The Balaban J connectivity index is 2.25. The fraction of sp³-hybridized carbons (Fsp3) is 0.111. The zero-order chi connectivity index (χ0) is 10.4. The maximum atomic E-state index is 11.4. The molecule has 1 aliphatic carbocycles. The minimum Gasteiger partial charge on any atom is -0.265 e. The van der Waals surface area contributed by atoms with Gasteiger partial charge in [-0.3, -0.25) is 4.79 Å². The summed E-state index contributed by atoms with van der Waals surface area (Å²) in [7, 11) is 0. The molecule has 6 nitrogen and oxygen atoms in total. The highest BCUT2D eigenvalue weighted by Crippen LogP contribution is 2.28. The summed E-state index contributed by atoms with van der Waals surface area (Å²) < 4.78 is 0. The van der Waals surface area contributed by atoms with Gasteiger partial charge in [-0.25, -0.2) is 4.79 Å². The molecule has 1 atom stereocenters. The van der Waals surface area contributed by atoms with Crippen molar-refractivity contribution in [1.82, 2.24) is 0 Å². The van der Waals surface area contributed by atoms with Crippen molar-refractivity contribution in [3.05, 3.63) is 23.8 Å². The highest BCUT2D eigenvalue weighted by atomic mass is 16.2. The summed E-state index contributed by atoms with van der Waals surface area (Å²) in [5, 5.41) is 7.03. The number of rotatable bonds is 0. The summed E-state index contributed by atoms with van der Waals surface area (Å²) in [4.78, 5) is 29.8. The van der Waals surface area contributed by atoms with E-state index in [4.69, 9.17) is 0 Å². The van der Waals surface area contributed by atoms with E-state index in [0.717, 1.165) is 0 Å². The van der Waals surface area contributed by atoms with Crippen molar-refractivity contribution in [2.45, 2.75) is 0 Å². The molecule has 0 radical (unpaired) electrons. The summed E-state index contributed by atoms with van der Waals surface area (Å²) in [6.45, 7) is 0. The van der Waals surface area contributed by atoms with Crippen LogP contribution >= 0.6 is 0 Å². The number of amides is 3. The first kappa shape index (κ1) is 8.10. The number of hydrogen-bond donors (Lipinski definition) is 0. The second-order valence-corrected chi connectivity index (χ2v) is 3.21. The van der Waals surface area contributed by atoms with Crippen molar-refractivity contribution in [2.24, 2.45) is 26.1 Å². The van der Waals surface area contributed by atoms with Crippen LogP contribution in [0.5, 0.6) is 0 Å². The smallest absolute Gasteiger partial charge is 0.265 e. The summed E-state index contributed by atoms with van der Waals surface area (Å²) in [6.07, 6.45) is 4.99. The van der Waals surface area contributed by atoms with Crippen LogP contribution in [0.1, 0.15) is 0 Å². The Kier molecular flexibility index (Phi) is 1.42. The Morgan fingerprint density at radius 3 is 2.87 bits per heavy atom. The van der Waals surface area contributed by atoms with Gasteiger partial charge in [-0.2, -0.15) is 9.98 Å². The molecule has 0 saturated heterocycles. The number of nitrogens with zero attached hydrogens (tertiary/aromatic N) is 4. The van der Waals surface area contributed by atoms with Gasteiger partial charge in [0.1, 0.15) is 0 Å². The van der Waals surface area contributed by atoms with Crippen molar-refractivity contribution in [2.75, 3.05) is 0 Å². The molecule has 3 amide bonds. The van der Waals surface area contributed by atoms with E-state index >= 15 is 0 Å². The predicted molar refractivity (Wildman–Crippen MR) is 50.8 cm³/mol. The molecule has 2 aliphatic heterocycles. The molecule has 0 aromatic heterocycles. The Labute approximate surface area is 83.8 Å². The predicted octanol–water partition coefficient (Wildman–Crippen LogP) is 1.06. The van der Waals surface area contributed by atoms with Gasteiger partial charge in [-0.05, 0) is 6.08 Å². The van der Waals surface area contributed by atoms with E-state index in [1.165, 1.54) is 0 Å². The van der Waals surface area contributed by atoms with E-state index in [0.29, 0.717) is 11.3 Å². The normalized spacial score (nSPS) is 26.9. The average Bonchev–Trinajstić information content (AvgIpc) is 2.23. The van der Waals surface area contributed by atoms with Gasteiger partial charge in [0.2, 0.25) is 0 Å². The van der Waals surface area contributed by atoms with Crippen molar-refractivity contribution in [3.63, 3.8) is 0 Å². The van der Waals surface area contributed by atoms with Crippen LogP contribution in [-0.2, 0) is 4.79 Å². The lowest BCUT2D eigenvalue weighted by atomic mass is 9.87. The molecular weight excluding hydrogens is 196 g/mol. The van der Waals surface area contributed by atoms with Crippen LogP contribution in [0.3, 0.4) is 0 Å². The number of amidine groups is 1. The quantitative estimate of drug-likeness (QED) is 0.585. The van der Waals surface area contributed by atoms with Gasteiger partial charge in [0.05, 0.1) is 11.6 Å². The molecule has 0 spiro atoms. The molecule has 0 aromatic rings. The van der Waals surface area contributed by atoms with E-state index in [1.807, 2.05) is 0 Å². The first-order valence-corrected chi connectivity index (χ1v) is 4.31. The van der Waals surface area contributed by atoms with Crippen molar-refractivity contribution < 1.29 is 9.59 Å². The summed E-state index contributed by atoms with van der Waals surface area (Å²) in [5.74, 6) is -0.553. The van der Waals surface area contributed by atoms with Gasteiger partial charge in [0.15, 0.2) is 5.84 Å². The van der Waals surface area contributed by atoms with Crippen LogP contribution in [-0.4, -0.2) is 23.5 Å². The fourth-order valence-corrected chi connectivity index (χ4v) is 1.70. The lowest BCUT2D eigenvalue weighted by Gasteiger charge is -2.24. The first-order chi connectivity index (χ1) is 7.25. The van der Waals surface area contributed by atoms with E-state index in [2.05, 4.69) is 20.2 Å². The van der Waals surface area contributed by atoms with E-state index in [1.54, 1.807) is 18.2 Å². The third-order valence-electron chi connectivity index (χ3n) is 2.33. The summed E-state index contributed by atoms with van der Waals surface area (Å²) in [5.41, 5.74) is 0.979. The number of hydrogen-bond acceptors (Lipinski definition) is 3. The maximum Gasteiger partial charge on any atom is 0.369 e. The Hall–Kier alpha value is -2.24. The molecule has 72 valence electrons. The molecule has 0 N–H and O–H groups in total. The van der Waals surface area contributed by atoms with E-state index in [9.17, 15) is 9.59 Å². The maximum absolute atomic E-state index is 11.4. The fourth-order valence-electron chi connectivity index (χ4n) is 1.70. The zero-order valence-electron chi connectivity index (χ0n) is 7.41. The van der Waals surface area contributed by atoms with Gasteiger partial charge in [-0.15, -0.1) is 10.2 Å². The highest BCUT2D eigenvalue weighted by molar-refractivity contribution is 6.27. The van der Waals surface area contributed by atoms with Crippen LogP contribution in [0.15, 0.2) is 44.0 Å². The van der Waals surface area contributed by atoms with Gasteiger partial charge in [0, 0.05) is 5.57 Å². The molecule has 15 heavy (non-hydrogen) atoms. The number of carbonyl (C=O) groups excluding carboxylic acids is 2. The third-order valence-corrected chi connectivity index (χ3v) is 2.33. The molecule has 0 bridgehead atoms. The van der Waals surface area contributed by atoms with Gasteiger partial charge >= 0.3 is 6.03 Å². The largest absolute Gasteiger partial charge is 0.369 e. The highest BCUT2D eigenvalue weighted by Gasteiger charge is 2.37. The molecule has 1 unspecified atom stereocenters. The van der Waals surface area contributed by atoms with E-state index < -0.39 is 17.9 Å². The number of aliphatic imine (C=N–C) groups is 2. The number of allylic oxidation sites excluding steroid dienone is 3. The minimum absolute atomic E-state index is 0.250. The average molecular weight is 200 g/mol. The van der Waals surface area contributed by atoms with Crippen molar-refractivity contribution in [3.8, 4) is 0 Å². The summed E-state index contributed by atoms with van der Waals surface area (Å²) in [6, 6.07) is -0.601. The molecule has 6 heteroatoms. The SMILES string of the molecule is O=C1N=C2C=CC=C3C(=O)N=NC(=N1)C32. The molecule has 0 fully saturated rings. The van der Waals surface area contributed by atoms with Gasteiger partial charge in [0.25, 0.3) is 5.91 Å². The van der Waals surface area contributed by atoms with Crippen LogP contribution < -0.4 is 0 Å². The molecule has 2 heterocycles. The molecule has 3 aliphatic rings. The Morgan fingerprint density at radius 2 is 2.00 bits per heavy atom. The second-order valence-electron chi connectivity index (χ2n) is 3.21. The van der Waals surface area contributed by atoms with Gasteiger partial charge in [-0.1, -0.05) is 12.2 Å². The number of azo groups is 1. The molecule has 0 aromatic carbocycles. The zero-order valence-corrected chi connectivity index (χ0v) is 7.41. The Morgan fingerprint density at radius 1 is 1.13 bits per heavy atom. The molecule has 3 rings (SSSR count). The lowest BCUT2D eigenvalue weighted by molar-refractivity contribution is -0.115. The van der Waals surface area contributed by atoms with Crippen LogP contribution in [0.25, 0.3) is 0 Å². The summed E-state index contributed by atoms with van der Waals surface area (Å²) >= 11 is 0. The van der Waals surface area contributed by atoms with Crippen LogP contribution in [0.2, 0.25) is 0 Å².